The van der Waals surface area contributed by atoms with Crippen LogP contribution in [0.4, 0.5) is 0 Å². The van der Waals surface area contributed by atoms with E-state index >= 15 is 0 Å². The van der Waals surface area contributed by atoms with Crippen LogP contribution in [-0.4, -0.2) is 29.6 Å². The summed E-state index contributed by atoms with van der Waals surface area (Å²) in [5, 5.41) is 6.24. The first kappa shape index (κ1) is 15.8. The van der Waals surface area contributed by atoms with Crippen molar-refractivity contribution in [1.82, 2.24) is 15.6 Å². The lowest BCUT2D eigenvalue weighted by Crippen LogP contribution is -2.35. The van der Waals surface area contributed by atoms with Crippen molar-refractivity contribution in [2.75, 3.05) is 13.2 Å². The molecule has 1 aromatic rings. The molecule has 0 bridgehead atoms. The third kappa shape index (κ3) is 6.58. The maximum absolute atomic E-state index is 11.6. The Morgan fingerprint density at radius 3 is 2.71 bits per heavy atom. The van der Waals surface area contributed by atoms with Gasteiger partial charge >= 0.3 is 0 Å². The predicted octanol–water partition coefficient (Wildman–Crippen LogP) is 1.87. The second-order valence-electron chi connectivity index (χ2n) is 6.62. The molecule has 1 amide bonds. The summed E-state index contributed by atoms with van der Waals surface area (Å²) in [4.78, 5) is 15.9. The smallest absolute Gasteiger partial charge is 0.257 e. The molecule has 0 unspecified atom stereocenters. The molecule has 1 saturated carbocycles. The number of rotatable bonds is 7. The van der Waals surface area contributed by atoms with E-state index in [0.29, 0.717) is 18.2 Å². The second-order valence-corrected chi connectivity index (χ2v) is 6.62. The minimum absolute atomic E-state index is 0.0496. The zero-order chi connectivity index (χ0) is 15.3. The topological polar surface area (TPSA) is 63.2 Å². The number of ether oxygens (including phenoxy) is 1. The van der Waals surface area contributed by atoms with Crippen molar-refractivity contribution in [2.24, 2.45) is 5.92 Å². The molecule has 1 heterocycles. The Hall–Kier alpha value is -1.62. The summed E-state index contributed by atoms with van der Waals surface area (Å²) in [7, 11) is 0. The zero-order valence-corrected chi connectivity index (χ0v) is 13.1. The summed E-state index contributed by atoms with van der Waals surface area (Å²) < 4.78 is 5.43. The Balaban J connectivity index is 1.69. The van der Waals surface area contributed by atoms with E-state index in [9.17, 15) is 4.79 Å². The van der Waals surface area contributed by atoms with Crippen molar-refractivity contribution in [3.05, 3.63) is 24.0 Å². The fourth-order valence-corrected chi connectivity index (χ4v) is 1.74. The van der Waals surface area contributed by atoms with Crippen molar-refractivity contribution in [2.45, 2.75) is 45.7 Å². The quantitative estimate of drug-likeness (QED) is 0.805. The lowest BCUT2D eigenvalue weighted by atomic mass is 10.1. The van der Waals surface area contributed by atoms with Gasteiger partial charge in [0.15, 0.2) is 6.61 Å². The van der Waals surface area contributed by atoms with Crippen LogP contribution in [0.5, 0.6) is 5.75 Å². The summed E-state index contributed by atoms with van der Waals surface area (Å²) in [6.07, 6.45) is 4.12. The van der Waals surface area contributed by atoms with E-state index in [0.717, 1.165) is 12.2 Å². The minimum Gasteiger partial charge on any atom is -0.482 e. The Morgan fingerprint density at radius 1 is 1.38 bits per heavy atom. The first-order valence-corrected chi connectivity index (χ1v) is 7.52. The number of amides is 1. The predicted molar refractivity (Wildman–Crippen MR) is 82.1 cm³/mol. The molecule has 0 aliphatic heterocycles. The molecule has 0 aromatic carbocycles. The van der Waals surface area contributed by atoms with Gasteiger partial charge in [0, 0.05) is 18.6 Å². The fraction of sp³-hybridized carbons (Fsp3) is 0.625. The highest BCUT2D eigenvalue weighted by molar-refractivity contribution is 5.77. The van der Waals surface area contributed by atoms with Gasteiger partial charge in [-0.1, -0.05) is 0 Å². The van der Waals surface area contributed by atoms with Crippen LogP contribution >= 0.6 is 0 Å². The molecule has 2 rings (SSSR count). The van der Waals surface area contributed by atoms with Crippen LogP contribution in [0.3, 0.4) is 0 Å². The van der Waals surface area contributed by atoms with Gasteiger partial charge in [-0.05, 0) is 51.7 Å². The van der Waals surface area contributed by atoms with Crippen molar-refractivity contribution in [3.8, 4) is 5.75 Å². The molecule has 0 atom stereocenters. The highest BCUT2D eigenvalue weighted by Crippen LogP contribution is 2.27. The van der Waals surface area contributed by atoms with Crippen molar-refractivity contribution in [3.63, 3.8) is 0 Å². The van der Waals surface area contributed by atoms with Crippen LogP contribution in [0.1, 0.15) is 39.3 Å². The number of nitrogens with zero attached hydrogens (tertiary/aromatic N) is 1. The van der Waals surface area contributed by atoms with E-state index in [1.54, 1.807) is 6.20 Å². The number of hydrogen-bond acceptors (Lipinski definition) is 4. The molecule has 2 N–H and O–H groups in total. The molecule has 1 aromatic heterocycles. The van der Waals surface area contributed by atoms with Crippen LogP contribution in [0, 0.1) is 5.92 Å². The number of nitrogens with one attached hydrogen (secondary N) is 2. The molecule has 1 aliphatic carbocycles. The Labute approximate surface area is 126 Å². The fourth-order valence-electron chi connectivity index (χ4n) is 1.74. The highest BCUT2D eigenvalue weighted by atomic mass is 16.5. The van der Waals surface area contributed by atoms with E-state index in [1.165, 1.54) is 12.8 Å². The molecule has 0 saturated heterocycles. The average molecular weight is 291 g/mol. The molecule has 5 nitrogen and oxygen atoms in total. The van der Waals surface area contributed by atoms with Gasteiger partial charge < -0.3 is 15.4 Å². The van der Waals surface area contributed by atoms with Gasteiger partial charge in [0.25, 0.3) is 5.91 Å². The van der Waals surface area contributed by atoms with Gasteiger partial charge in [0.05, 0.1) is 11.9 Å². The van der Waals surface area contributed by atoms with E-state index < -0.39 is 0 Å². The van der Waals surface area contributed by atoms with Gasteiger partial charge in [0.2, 0.25) is 0 Å². The first-order valence-electron chi connectivity index (χ1n) is 7.52. The van der Waals surface area contributed by atoms with Crippen LogP contribution in [0.2, 0.25) is 0 Å². The van der Waals surface area contributed by atoms with Gasteiger partial charge in [-0.3, -0.25) is 9.78 Å². The number of hydrogen-bond donors (Lipinski definition) is 2. The summed E-state index contributed by atoms with van der Waals surface area (Å²) >= 11 is 0. The largest absolute Gasteiger partial charge is 0.482 e. The third-order valence-corrected chi connectivity index (χ3v) is 3.25. The van der Waals surface area contributed by atoms with E-state index in [4.69, 9.17) is 4.74 Å². The molecule has 116 valence electrons. The van der Waals surface area contributed by atoms with E-state index in [1.807, 2.05) is 12.1 Å². The summed E-state index contributed by atoms with van der Waals surface area (Å²) in [5.41, 5.74) is 1.02. The first-order chi connectivity index (χ1) is 9.92. The van der Waals surface area contributed by atoms with E-state index in [-0.39, 0.29) is 18.1 Å². The van der Waals surface area contributed by atoms with Crippen LogP contribution in [-0.2, 0) is 11.3 Å². The Morgan fingerprint density at radius 2 is 2.14 bits per heavy atom. The molecule has 0 spiro atoms. The number of carbonyl (C=O) groups excluding carboxylic acids is 1. The van der Waals surface area contributed by atoms with E-state index in [2.05, 4.69) is 36.4 Å². The Kier molecular flexibility index (Phi) is 5.17. The van der Waals surface area contributed by atoms with Crippen molar-refractivity contribution >= 4 is 5.91 Å². The number of aromatic nitrogens is 1. The molecular formula is C16H25N3O2. The lowest BCUT2D eigenvalue weighted by molar-refractivity contribution is -0.123. The molecule has 1 aliphatic rings. The van der Waals surface area contributed by atoms with Gasteiger partial charge in [-0.15, -0.1) is 0 Å². The molecule has 0 radical (unpaired) electrons. The van der Waals surface area contributed by atoms with Gasteiger partial charge in [-0.2, -0.15) is 0 Å². The summed E-state index contributed by atoms with van der Waals surface area (Å²) in [6.45, 7) is 7.89. The zero-order valence-electron chi connectivity index (χ0n) is 13.1. The van der Waals surface area contributed by atoms with Crippen molar-refractivity contribution in [1.29, 1.82) is 0 Å². The lowest BCUT2D eigenvalue weighted by Gasteiger charge is -2.20. The number of pyridine rings is 1. The molecule has 5 heteroatoms. The monoisotopic (exact) mass is 291 g/mol. The third-order valence-electron chi connectivity index (χ3n) is 3.25. The SMILES string of the molecule is CC(C)(C)NCc1ccc(OCC(=O)NCC2CC2)cn1. The standard InChI is InChI=1S/C16H25N3O2/c1-16(2,3)19-9-13-6-7-14(10-17-13)21-11-15(20)18-8-12-4-5-12/h6-7,10,12,19H,4-5,8-9,11H2,1-3H3,(H,18,20). The average Bonchev–Trinajstić information content (AvgIpc) is 3.25. The summed E-state index contributed by atoms with van der Waals surface area (Å²) in [5.74, 6) is 1.24. The molecule has 1 fully saturated rings. The molecule has 21 heavy (non-hydrogen) atoms. The maximum atomic E-state index is 11.6. The number of carbonyl (C=O) groups is 1. The summed E-state index contributed by atoms with van der Waals surface area (Å²) in [6, 6.07) is 3.76. The van der Waals surface area contributed by atoms with Gasteiger partial charge in [0.1, 0.15) is 5.75 Å². The van der Waals surface area contributed by atoms with Crippen LogP contribution in [0.15, 0.2) is 18.3 Å². The molecular weight excluding hydrogens is 266 g/mol. The Bertz CT molecular complexity index is 461. The second kappa shape index (κ2) is 6.89. The van der Waals surface area contributed by atoms with Gasteiger partial charge in [-0.25, -0.2) is 0 Å². The highest BCUT2D eigenvalue weighted by Gasteiger charge is 2.21. The normalized spacial score (nSPS) is 14.8. The maximum Gasteiger partial charge on any atom is 0.257 e. The van der Waals surface area contributed by atoms with Crippen LogP contribution < -0.4 is 15.4 Å². The van der Waals surface area contributed by atoms with Crippen molar-refractivity contribution < 1.29 is 9.53 Å². The minimum atomic E-state index is -0.0691. The van der Waals surface area contributed by atoms with Crippen LogP contribution in [0.25, 0.3) is 0 Å².